The third kappa shape index (κ3) is 4.69. The molecule has 0 unspecified atom stereocenters. The lowest BCUT2D eigenvalue weighted by Crippen LogP contribution is -2.46. The van der Waals surface area contributed by atoms with Gasteiger partial charge in [-0.15, -0.1) is 0 Å². The van der Waals surface area contributed by atoms with Gasteiger partial charge in [-0.25, -0.2) is 4.68 Å². The number of nitrogens with zero attached hydrogens (tertiary/aromatic N) is 2. The van der Waals surface area contributed by atoms with Gasteiger partial charge in [0.25, 0.3) is 5.91 Å². The highest BCUT2D eigenvalue weighted by atomic mass is 79.9. The zero-order valence-electron chi connectivity index (χ0n) is 14.8. The normalized spacial score (nSPS) is 12.1. The average molecular weight is 407 g/mol. The van der Waals surface area contributed by atoms with E-state index in [0.29, 0.717) is 12.0 Å². The summed E-state index contributed by atoms with van der Waals surface area (Å²) in [6.45, 7) is 5.86. The summed E-state index contributed by atoms with van der Waals surface area (Å²) in [6, 6.07) is 7.10. The Labute approximate surface area is 156 Å². The number of hydrogen-bond donors (Lipinski definition) is 2. The highest BCUT2D eigenvalue weighted by molar-refractivity contribution is 9.10. The molecule has 2 aromatic rings. The van der Waals surface area contributed by atoms with Crippen molar-refractivity contribution in [1.82, 2.24) is 20.4 Å². The van der Waals surface area contributed by atoms with E-state index in [9.17, 15) is 9.59 Å². The minimum absolute atomic E-state index is 0.194. The number of nitrogens with one attached hydrogen (secondary N) is 2. The first kappa shape index (κ1) is 19.2. The second kappa shape index (κ2) is 8.29. The molecule has 25 heavy (non-hydrogen) atoms. The molecule has 0 aliphatic rings. The minimum Gasteiger partial charge on any atom is -0.357 e. The van der Waals surface area contributed by atoms with Gasteiger partial charge in [-0.3, -0.25) is 9.59 Å². The molecule has 6 nitrogen and oxygen atoms in total. The van der Waals surface area contributed by atoms with Crippen LogP contribution in [0.25, 0.3) is 5.69 Å². The van der Waals surface area contributed by atoms with Gasteiger partial charge >= 0.3 is 0 Å². The predicted octanol–water partition coefficient (Wildman–Crippen LogP) is 2.83. The molecular formula is C18H23BrN4O2. The highest BCUT2D eigenvalue weighted by Crippen LogP contribution is 2.17. The lowest BCUT2D eigenvalue weighted by molar-refractivity contribution is -0.122. The maximum absolute atomic E-state index is 12.6. The van der Waals surface area contributed by atoms with Crippen LogP contribution in [-0.2, 0) is 4.79 Å². The van der Waals surface area contributed by atoms with Crippen molar-refractivity contribution in [3.05, 3.63) is 46.2 Å². The Morgan fingerprint density at radius 2 is 1.88 bits per heavy atom. The lowest BCUT2D eigenvalue weighted by atomic mass is 10.0. The average Bonchev–Trinajstić information content (AvgIpc) is 2.95. The van der Waals surface area contributed by atoms with Crippen molar-refractivity contribution < 1.29 is 9.59 Å². The van der Waals surface area contributed by atoms with E-state index in [4.69, 9.17) is 0 Å². The van der Waals surface area contributed by atoms with E-state index in [1.165, 1.54) is 6.20 Å². The Morgan fingerprint density at radius 1 is 1.24 bits per heavy atom. The van der Waals surface area contributed by atoms with Crippen molar-refractivity contribution in [2.45, 2.75) is 33.2 Å². The van der Waals surface area contributed by atoms with E-state index in [-0.39, 0.29) is 17.7 Å². The molecule has 0 aliphatic heterocycles. The van der Waals surface area contributed by atoms with Gasteiger partial charge in [0.2, 0.25) is 5.91 Å². The van der Waals surface area contributed by atoms with Crippen molar-refractivity contribution >= 4 is 27.7 Å². The molecule has 1 aromatic carbocycles. The zero-order chi connectivity index (χ0) is 18.6. The molecule has 0 aliphatic carbocycles. The SMILES string of the molecule is CNC(=O)[C@@H](CC(C)C)NC(=O)c1cnn(-c2ccc(Br)cc2)c1C. The number of aromatic nitrogens is 2. The summed E-state index contributed by atoms with van der Waals surface area (Å²) in [4.78, 5) is 24.6. The number of likely N-dealkylation sites (N-methyl/N-ethyl adjacent to an activating group) is 1. The molecule has 7 heteroatoms. The van der Waals surface area contributed by atoms with Gasteiger partial charge in [0.15, 0.2) is 0 Å². The van der Waals surface area contributed by atoms with Gasteiger partial charge < -0.3 is 10.6 Å². The fourth-order valence-electron chi connectivity index (χ4n) is 2.59. The summed E-state index contributed by atoms with van der Waals surface area (Å²) in [5, 5.41) is 9.73. The van der Waals surface area contributed by atoms with Crippen molar-refractivity contribution in [3.63, 3.8) is 0 Å². The second-order valence-corrected chi connectivity index (χ2v) is 7.22. The molecule has 2 N–H and O–H groups in total. The van der Waals surface area contributed by atoms with Crippen molar-refractivity contribution in [2.75, 3.05) is 7.05 Å². The van der Waals surface area contributed by atoms with Crippen LogP contribution in [0.2, 0.25) is 0 Å². The Balaban J connectivity index is 2.22. The van der Waals surface area contributed by atoms with Gasteiger partial charge in [-0.2, -0.15) is 5.10 Å². The van der Waals surface area contributed by atoms with Crippen LogP contribution in [0.5, 0.6) is 0 Å². The third-order valence-electron chi connectivity index (χ3n) is 3.90. The molecule has 1 aromatic heterocycles. The number of amides is 2. The van der Waals surface area contributed by atoms with Crippen LogP contribution < -0.4 is 10.6 Å². The van der Waals surface area contributed by atoms with Gasteiger partial charge in [0.05, 0.1) is 23.1 Å². The fraction of sp³-hybridized carbons (Fsp3) is 0.389. The standard InChI is InChI=1S/C18H23BrN4O2/c1-11(2)9-16(18(25)20-4)22-17(24)15-10-21-23(12(15)3)14-7-5-13(19)6-8-14/h5-8,10-11,16H,9H2,1-4H3,(H,20,25)(H,22,24)/t16-/m1/s1. The first-order valence-corrected chi connectivity index (χ1v) is 8.95. The molecule has 0 saturated heterocycles. The molecule has 0 fully saturated rings. The Morgan fingerprint density at radius 3 is 2.44 bits per heavy atom. The van der Waals surface area contributed by atoms with Gasteiger partial charge in [0.1, 0.15) is 6.04 Å². The summed E-state index contributed by atoms with van der Waals surface area (Å²) in [7, 11) is 1.57. The molecule has 0 bridgehead atoms. The summed E-state index contributed by atoms with van der Waals surface area (Å²) in [6.07, 6.45) is 2.11. The molecule has 1 atom stereocenters. The summed E-state index contributed by atoms with van der Waals surface area (Å²) in [5.74, 6) is -0.204. The van der Waals surface area contributed by atoms with E-state index in [2.05, 4.69) is 31.7 Å². The largest absolute Gasteiger partial charge is 0.357 e. The number of hydrogen-bond acceptors (Lipinski definition) is 3. The highest BCUT2D eigenvalue weighted by Gasteiger charge is 2.23. The van der Waals surface area contributed by atoms with E-state index in [1.54, 1.807) is 11.7 Å². The maximum Gasteiger partial charge on any atom is 0.255 e. The quantitative estimate of drug-likeness (QED) is 0.773. The molecule has 2 rings (SSSR count). The number of rotatable bonds is 6. The second-order valence-electron chi connectivity index (χ2n) is 6.30. The molecular weight excluding hydrogens is 384 g/mol. The smallest absolute Gasteiger partial charge is 0.255 e. The first-order valence-electron chi connectivity index (χ1n) is 8.16. The van der Waals surface area contributed by atoms with E-state index in [1.807, 2.05) is 45.0 Å². The summed E-state index contributed by atoms with van der Waals surface area (Å²) >= 11 is 3.40. The third-order valence-corrected chi connectivity index (χ3v) is 4.43. The van der Waals surface area contributed by atoms with Gasteiger partial charge in [-0.1, -0.05) is 29.8 Å². The lowest BCUT2D eigenvalue weighted by Gasteiger charge is -2.19. The Bertz CT molecular complexity index is 753. The van der Waals surface area contributed by atoms with E-state index >= 15 is 0 Å². The number of carbonyl (C=O) groups excluding carboxylic acids is 2. The molecule has 0 saturated carbocycles. The van der Waals surface area contributed by atoms with E-state index < -0.39 is 6.04 Å². The molecule has 0 radical (unpaired) electrons. The van der Waals surface area contributed by atoms with Crippen LogP contribution in [0.15, 0.2) is 34.9 Å². The topological polar surface area (TPSA) is 76.0 Å². The molecule has 0 spiro atoms. The number of halogens is 1. The van der Waals surface area contributed by atoms with Crippen molar-refractivity contribution in [1.29, 1.82) is 0 Å². The van der Waals surface area contributed by atoms with Crippen LogP contribution in [0.1, 0.15) is 36.3 Å². The maximum atomic E-state index is 12.6. The van der Waals surface area contributed by atoms with Crippen LogP contribution in [0, 0.1) is 12.8 Å². The summed E-state index contributed by atoms with van der Waals surface area (Å²) in [5.41, 5.74) is 2.05. The number of benzene rings is 1. The predicted molar refractivity (Wildman–Crippen MR) is 101 cm³/mol. The minimum atomic E-state index is -0.562. The Hall–Kier alpha value is -2.15. The molecule has 134 valence electrons. The Kier molecular flexibility index (Phi) is 6.36. The monoisotopic (exact) mass is 406 g/mol. The van der Waals surface area contributed by atoms with Gasteiger partial charge in [0, 0.05) is 11.5 Å². The summed E-state index contributed by atoms with van der Waals surface area (Å²) < 4.78 is 2.68. The van der Waals surface area contributed by atoms with Gasteiger partial charge in [-0.05, 0) is 43.5 Å². The van der Waals surface area contributed by atoms with Crippen LogP contribution >= 0.6 is 15.9 Å². The zero-order valence-corrected chi connectivity index (χ0v) is 16.4. The first-order chi connectivity index (χ1) is 11.8. The van der Waals surface area contributed by atoms with E-state index in [0.717, 1.165) is 15.9 Å². The molecule has 2 amide bonds. The molecule has 1 heterocycles. The number of carbonyl (C=O) groups is 2. The van der Waals surface area contributed by atoms with Crippen LogP contribution in [0.3, 0.4) is 0 Å². The van der Waals surface area contributed by atoms with Crippen molar-refractivity contribution in [3.8, 4) is 5.69 Å². The van der Waals surface area contributed by atoms with Crippen LogP contribution in [0.4, 0.5) is 0 Å². The van der Waals surface area contributed by atoms with Crippen molar-refractivity contribution in [2.24, 2.45) is 5.92 Å². The van der Waals surface area contributed by atoms with Crippen LogP contribution in [-0.4, -0.2) is 34.7 Å². The fourth-order valence-corrected chi connectivity index (χ4v) is 2.85.